The van der Waals surface area contributed by atoms with Gasteiger partial charge in [0, 0.05) is 24.1 Å². The van der Waals surface area contributed by atoms with E-state index in [0.29, 0.717) is 12.1 Å². The maximum atomic E-state index is 13.2. The molecule has 2 amide bonds. The number of amides is 2. The van der Waals surface area contributed by atoms with E-state index in [1.807, 2.05) is 42.5 Å². The average Bonchev–Trinajstić information content (AvgIpc) is 2.79. The van der Waals surface area contributed by atoms with E-state index in [1.54, 1.807) is 7.11 Å². The van der Waals surface area contributed by atoms with Crippen molar-refractivity contribution in [1.82, 2.24) is 10.6 Å². The van der Waals surface area contributed by atoms with Gasteiger partial charge in [0.15, 0.2) is 0 Å². The number of ether oxygens (including phenoxy) is 1. The largest absolute Gasteiger partial charge is 0.497 e. The van der Waals surface area contributed by atoms with E-state index in [0.717, 1.165) is 49.1 Å². The van der Waals surface area contributed by atoms with Gasteiger partial charge in [-0.25, -0.2) is 0 Å². The highest BCUT2D eigenvalue weighted by Crippen LogP contribution is 2.58. The van der Waals surface area contributed by atoms with Crippen molar-refractivity contribution in [1.29, 1.82) is 0 Å². The first-order valence-electron chi connectivity index (χ1n) is 11.5. The highest BCUT2D eigenvalue weighted by atomic mass is 16.5. The molecule has 6 rings (SSSR count). The molecule has 2 aromatic carbocycles. The lowest BCUT2D eigenvalue weighted by Gasteiger charge is -2.60. The Morgan fingerprint density at radius 1 is 1.19 bits per heavy atom. The highest BCUT2D eigenvalue weighted by molar-refractivity contribution is 6.02. The van der Waals surface area contributed by atoms with Crippen LogP contribution >= 0.6 is 0 Å². The van der Waals surface area contributed by atoms with Gasteiger partial charge >= 0.3 is 0 Å². The summed E-state index contributed by atoms with van der Waals surface area (Å²) in [6, 6.07) is 15.6. The van der Waals surface area contributed by atoms with Gasteiger partial charge in [0.1, 0.15) is 11.4 Å². The van der Waals surface area contributed by atoms with E-state index in [9.17, 15) is 9.59 Å². The van der Waals surface area contributed by atoms with Crippen LogP contribution in [0.1, 0.15) is 48.5 Å². The lowest BCUT2D eigenvalue weighted by Crippen LogP contribution is -2.70. The third-order valence-electron chi connectivity index (χ3n) is 7.83. The van der Waals surface area contributed by atoms with Gasteiger partial charge in [-0.15, -0.1) is 0 Å². The first-order chi connectivity index (χ1) is 15.4. The molecule has 2 aromatic rings. The molecule has 0 unspecified atom stereocenters. The minimum atomic E-state index is -0.462. The molecule has 3 aliphatic carbocycles. The van der Waals surface area contributed by atoms with Crippen molar-refractivity contribution in [3.05, 3.63) is 59.7 Å². The van der Waals surface area contributed by atoms with Crippen LogP contribution < -0.4 is 20.7 Å². The van der Waals surface area contributed by atoms with Crippen LogP contribution in [0, 0.1) is 17.3 Å². The summed E-state index contributed by atoms with van der Waals surface area (Å²) in [4.78, 5) is 26.0. The Morgan fingerprint density at radius 2 is 2.03 bits per heavy atom. The Kier molecular flexibility index (Phi) is 5.11. The first-order valence-corrected chi connectivity index (χ1v) is 11.5. The summed E-state index contributed by atoms with van der Waals surface area (Å²) in [7, 11) is 1.66. The standard InChI is InChI=1S/C26H31N3O3/c1-25-12-10-18(26(16-25)28-22-9-4-3-8-20(22)23(30)29-26)15-21(25)24(31)27-13-11-17-6-5-7-19(14-17)32-2/h3-9,14,18,21,28H,10-13,15-16H2,1-2H3,(H,27,31)(H,29,30)/t18-,21+,25+,26-/m0/s1. The Hall–Kier alpha value is -3.02. The number of methoxy groups -OCH3 is 1. The van der Waals surface area contributed by atoms with E-state index >= 15 is 0 Å². The Balaban J connectivity index is 1.26. The maximum Gasteiger partial charge on any atom is 0.255 e. The topological polar surface area (TPSA) is 79.5 Å². The SMILES string of the molecule is COc1cccc(CCNC(=O)[C@H]2C[C@@H]3CC[C@]2(C)C[C@]32NC(=O)c3ccccc3N2)c1. The average molecular weight is 434 g/mol. The summed E-state index contributed by atoms with van der Waals surface area (Å²) in [6.07, 6.45) is 4.34. The zero-order valence-corrected chi connectivity index (χ0v) is 18.7. The van der Waals surface area contributed by atoms with Crippen molar-refractivity contribution in [3.8, 4) is 5.75 Å². The molecule has 168 valence electrons. The lowest BCUT2D eigenvalue weighted by atomic mass is 9.51. The van der Waals surface area contributed by atoms with Gasteiger partial charge < -0.3 is 20.7 Å². The van der Waals surface area contributed by atoms with Crippen LogP contribution in [-0.2, 0) is 11.2 Å². The normalized spacial score (nSPS) is 30.2. The number of hydrogen-bond acceptors (Lipinski definition) is 4. The van der Waals surface area contributed by atoms with Crippen molar-refractivity contribution >= 4 is 17.5 Å². The van der Waals surface area contributed by atoms with Gasteiger partial charge in [-0.3, -0.25) is 9.59 Å². The second-order valence-corrected chi connectivity index (χ2v) is 9.84. The molecule has 3 saturated carbocycles. The number of hydrogen-bond donors (Lipinski definition) is 3. The van der Waals surface area contributed by atoms with Crippen LogP contribution in [-0.4, -0.2) is 31.1 Å². The second-order valence-electron chi connectivity index (χ2n) is 9.84. The molecule has 3 N–H and O–H groups in total. The molecule has 32 heavy (non-hydrogen) atoms. The summed E-state index contributed by atoms with van der Waals surface area (Å²) >= 11 is 0. The Morgan fingerprint density at radius 3 is 2.84 bits per heavy atom. The van der Waals surface area contributed by atoms with E-state index in [2.05, 4.69) is 28.9 Å². The van der Waals surface area contributed by atoms with Crippen LogP contribution in [0.15, 0.2) is 48.5 Å². The number of anilines is 1. The van der Waals surface area contributed by atoms with Crippen molar-refractivity contribution in [2.45, 2.75) is 44.7 Å². The third kappa shape index (κ3) is 3.51. The predicted molar refractivity (Wildman–Crippen MR) is 124 cm³/mol. The maximum absolute atomic E-state index is 13.2. The number of nitrogens with one attached hydrogen (secondary N) is 3. The Labute approximate surface area is 189 Å². The van der Waals surface area contributed by atoms with Crippen LogP contribution in [0.3, 0.4) is 0 Å². The number of carbonyl (C=O) groups excluding carboxylic acids is 2. The lowest BCUT2D eigenvalue weighted by molar-refractivity contribution is -0.139. The number of benzene rings is 2. The number of para-hydroxylation sites is 1. The smallest absolute Gasteiger partial charge is 0.255 e. The predicted octanol–water partition coefficient (Wildman–Crippen LogP) is 3.73. The molecule has 1 heterocycles. The molecule has 1 spiro atoms. The van der Waals surface area contributed by atoms with Gasteiger partial charge in [0.2, 0.25) is 5.91 Å². The second kappa shape index (κ2) is 7.84. The van der Waals surface area contributed by atoms with E-state index in [-0.39, 0.29) is 29.1 Å². The van der Waals surface area contributed by atoms with E-state index < -0.39 is 5.66 Å². The number of rotatable bonds is 5. The molecule has 6 heteroatoms. The molecule has 3 fully saturated rings. The van der Waals surface area contributed by atoms with Gasteiger partial charge in [-0.2, -0.15) is 0 Å². The zero-order chi connectivity index (χ0) is 22.3. The van der Waals surface area contributed by atoms with Crippen molar-refractivity contribution in [2.75, 3.05) is 19.0 Å². The van der Waals surface area contributed by atoms with Crippen LogP contribution in [0.4, 0.5) is 5.69 Å². The molecular weight excluding hydrogens is 402 g/mol. The molecule has 0 radical (unpaired) electrons. The quantitative estimate of drug-likeness (QED) is 0.671. The molecule has 0 aromatic heterocycles. The van der Waals surface area contributed by atoms with Gasteiger partial charge in [0.05, 0.1) is 12.7 Å². The molecule has 4 atom stereocenters. The van der Waals surface area contributed by atoms with Gasteiger partial charge in [-0.05, 0) is 67.3 Å². The third-order valence-corrected chi connectivity index (χ3v) is 7.83. The van der Waals surface area contributed by atoms with Crippen molar-refractivity contribution in [2.24, 2.45) is 17.3 Å². The summed E-state index contributed by atoms with van der Waals surface area (Å²) in [6.45, 7) is 2.82. The van der Waals surface area contributed by atoms with Crippen molar-refractivity contribution < 1.29 is 14.3 Å². The first kappa shape index (κ1) is 20.9. The van der Waals surface area contributed by atoms with Crippen LogP contribution in [0.5, 0.6) is 5.75 Å². The van der Waals surface area contributed by atoms with E-state index in [4.69, 9.17) is 4.74 Å². The molecule has 6 nitrogen and oxygen atoms in total. The summed E-state index contributed by atoms with van der Waals surface area (Å²) < 4.78 is 5.29. The summed E-state index contributed by atoms with van der Waals surface area (Å²) in [5.74, 6) is 1.15. The number of carbonyl (C=O) groups is 2. The Bertz CT molecular complexity index is 1050. The molecule has 4 aliphatic rings. The molecule has 0 saturated heterocycles. The van der Waals surface area contributed by atoms with Gasteiger partial charge in [-0.1, -0.05) is 31.2 Å². The van der Waals surface area contributed by atoms with Crippen LogP contribution in [0.25, 0.3) is 0 Å². The molecular formula is C26H31N3O3. The van der Waals surface area contributed by atoms with Gasteiger partial charge in [0.25, 0.3) is 5.91 Å². The monoisotopic (exact) mass is 433 g/mol. The fourth-order valence-electron chi connectivity index (χ4n) is 6.13. The van der Waals surface area contributed by atoms with Crippen molar-refractivity contribution in [3.63, 3.8) is 0 Å². The fraction of sp³-hybridized carbons (Fsp3) is 0.462. The molecule has 1 aliphatic heterocycles. The minimum absolute atomic E-state index is 0.0187. The summed E-state index contributed by atoms with van der Waals surface area (Å²) in [5.41, 5.74) is 2.12. The zero-order valence-electron chi connectivity index (χ0n) is 18.7. The van der Waals surface area contributed by atoms with E-state index in [1.165, 1.54) is 0 Å². The number of fused-ring (bicyclic) bond motifs is 3. The fourth-order valence-corrected chi connectivity index (χ4v) is 6.13. The minimum Gasteiger partial charge on any atom is -0.497 e. The molecule has 2 bridgehead atoms. The highest BCUT2D eigenvalue weighted by Gasteiger charge is 2.60. The summed E-state index contributed by atoms with van der Waals surface area (Å²) in [5, 5.41) is 10.1. The van der Waals surface area contributed by atoms with Crippen LogP contribution in [0.2, 0.25) is 0 Å².